The molecule has 0 saturated heterocycles. The molecule has 3 rings (SSSR count). The van der Waals surface area contributed by atoms with Gasteiger partial charge in [-0.3, -0.25) is 19.1 Å². The topological polar surface area (TPSA) is 89.3 Å². The van der Waals surface area contributed by atoms with Crippen molar-refractivity contribution in [1.29, 1.82) is 0 Å². The van der Waals surface area contributed by atoms with E-state index in [1.54, 1.807) is 18.2 Å². The molecule has 0 fully saturated rings. The molecule has 0 radical (unpaired) electrons. The zero-order chi connectivity index (χ0) is 21.8. The van der Waals surface area contributed by atoms with Crippen LogP contribution in [0, 0.1) is 17.0 Å². The van der Waals surface area contributed by atoms with Gasteiger partial charge in [0, 0.05) is 27.8 Å². The molecule has 9 heteroatoms. The Kier molecular flexibility index (Phi) is 6.87. The minimum Gasteiger partial charge on any atom is -0.322 e. The van der Waals surface area contributed by atoms with Gasteiger partial charge in [-0.25, -0.2) is 0 Å². The number of anilines is 1. The molecule has 0 aromatic heterocycles. The smallest absolute Gasteiger partial charge is 0.274 e. The number of hydrogen-bond donors (Lipinski definition) is 1. The van der Waals surface area contributed by atoms with Crippen LogP contribution in [-0.2, 0) is 16.6 Å². The number of rotatable bonds is 6. The van der Waals surface area contributed by atoms with E-state index < -0.39 is 21.6 Å². The predicted octanol–water partition coefficient (Wildman–Crippen LogP) is 5.77. The lowest BCUT2D eigenvalue weighted by atomic mass is 10.1. The van der Waals surface area contributed by atoms with E-state index in [9.17, 15) is 19.1 Å². The number of hydrogen-bond acceptors (Lipinski definition) is 4. The predicted molar refractivity (Wildman–Crippen MR) is 119 cm³/mol. The Morgan fingerprint density at radius 2 is 1.80 bits per heavy atom. The summed E-state index contributed by atoms with van der Waals surface area (Å²) >= 11 is 11.8. The van der Waals surface area contributed by atoms with E-state index >= 15 is 0 Å². The van der Waals surface area contributed by atoms with E-state index in [0.29, 0.717) is 15.6 Å². The van der Waals surface area contributed by atoms with Gasteiger partial charge in [-0.2, -0.15) is 0 Å². The Hall–Kier alpha value is -2.74. The molecule has 3 aromatic rings. The van der Waals surface area contributed by atoms with Crippen LogP contribution in [0.4, 0.5) is 11.4 Å². The first-order valence-electron chi connectivity index (χ1n) is 8.74. The standard InChI is InChI=1S/C21H16Cl2N2O4S/c1-13-4-2-3-5-19(13)24-21(26)14-6-7-15(20(10-14)25(27)28)12-30(29)16-8-9-17(22)18(23)11-16/h2-11H,12H2,1H3,(H,24,26). The molecule has 0 spiro atoms. The van der Waals surface area contributed by atoms with Gasteiger partial charge in [-0.05, 0) is 42.8 Å². The molecule has 154 valence electrons. The Balaban J connectivity index is 1.85. The number of para-hydroxylation sites is 1. The van der Waals surface area contributed by atoms with Gasteiger partial charge in [0.05, 0.1) is 31.5 Å². The van der Waals surface area contributed by atoms with Crippen molar-refractivity contribution in [3.05, 3.63) is 97.5 Å². The van der Waals surface area contributed by atoms with Crippen LogP contribution in [0.3, 0.4) is 0 Å². The zero-order valence-corrected chi connectivity index (χ0v) is 18.1. The third-order valence-corrected chi connectivity index (χ3v) is 6.47. The van der Waals surface area contributed by atoms with Crippen LogP contribution >= 0.6 is 23.2 Å². The minimum absolute atomic E-state index is 0.103. The highest BCUT2D eigenvalue weighted by Crippen LogP contribution is 2.28. The number of aryl methyl sites for hydroxylation is 1. The van der Waals surface area contributed by atoms with E-state index in [2.05, 4.69) is 5.32 Å². The Bertz CT molecular complexity index is 1170. The number of nitro groups is 1. The molecule has 1 N–H and O–H groups in total. The summed E-state index contributed by atoms with van der Waals surface area (Å²) in [6, 6.07) is 15.9. The maximum absolute atomic E-state index is 12.7. The minimum atomic E-state index is -1.58. The number of benzene rings is 3. The third-order valence-electron chi connectivity index (χ3n) is 4.38. The molecular formula is C21H16Cl2N2O4S. The second-order valence-corrected chi connectivity index (χ2v) is 8.70. The van der Waals surface area contributed by atoms with Crippen molar-refractivity contribution in [2.45, 2.75) is 17.6 Å². The Morgan fingerprint density at radius 1 is 1.07 bits per heavy atom. The van der Waals surface area contributed by atoms with Crippen LogP contribution in [0.25, 0.3) is 0 Å². The van der Waals surface area contributed by atoms with Crippen molar-refractivity contribution in [1.82, 2.24) is 0 Å². The molecule has 0 aliphatic carbocycles. The summed E-state index contributed by atoms with van der Waals surface area (Å²) in [6.45, 7) is 1.85. The van der Waals surface area contributed by atoms with Crippen LogP contribution < -0.4 is 5.32 Å². The molecule has 0 saturated carbocycles. The molecule has 30 heavy (non-hydrogen) atoms. The molecule has 0 aliphatic rings. The first-order valence-corrected chi connectivity index (χ1v) is 10.8. The van der Waals surface area contributed by atoms with Gasteiger partial charge in [0.2, 0.25) is 0 Å². The quantitative estimate of drug-likeness (QED) is 0.371. The number of nitrogens with zero attached hydrogens (tertiary/aromatic N) is 1. The van der Waals surface area contributed by atoms with E-state index in [1.165, 1.54) is 30.3 Å². The van der Waals surface area contributed by atoms with Crippen LogP contribution in [0.1, 0.15) is 21.5 Å². The Labute approximate surface area is 185 Å². The largest absolute Gasteiger partial charge is 0.322 e. The van der Waals surface area contributed by atoms with Gasteiger partial charge >= 0.3 is 0 Å². The fraction of sp³-hybridized carbons (Fsp3) is 0.0952. The number of carbonyl (C=O) groups excluding carboxylic acids is 1. The van der Waals surface area contributed by atoms with Gasteiger partial charge in [0.1, 0.15) is 0 Å². The van der Waals surface area contributed by atoms with Gasteiger partial charge in [0.25, 0.3) is 11.6 Å². The molecule has 3 aromatic carbocycles. The molecular weight excluding hydrogens is 447 g/mol. The molecule has 1 atom stereocenters. The second kappa shape index (κ2) is 9.38. The number of amides is 1. The van der Waals surface area contributed by atoms with Crippen molar-refractivity contribution >= 4 is 51.3 Å². The summed E-state index contributed by atoms with van der Waals surface area (Å²) in [4.78, 5) is 23.9. The molecule has 0 aliphatic heterocycles. The molecule has 6 nitrogen and oxygen atoms in total. The van der Waals surface area contributed by atoms with Crippen molar-refractivity contribution in [3.8, 4) is 0 Å². The highest BCUT2D eigenvalue weighted by molar-refractivity contribution is 7.84. The molecule has 0 heterocycles. The van der Waals surface area contributed by atoms with Gasteiger partial charge in [-0.15, -0.1) is 0 Å². The number of nitro benzene ring substituents is 1. The third kappa shape index (κ3) is 5.05. The first kappa shape index (κ1) is 22.0. The highest BCUT2D eigenvalue weighted by Gasteiger charge is 2.20. The summed E-state index contributed by atoms with van der Waals surface area (Å²) in [5.41, 5.74) is 1.59. The normalized spacial score (nSPS) is 11.7. The average molecular weight is 463 g/mol. The fourth-order valence-corrected chi connectivity index (χ4v) is 4.27. The van der Waals surface area contributed by atoms with Crippen molar-refractivity contribution in [2.24, 2.45) is 0 Å². The van der Waals surface area contributed by atoms with Crippen LogP contribution in [0.15, 0.2) is 65.6 Å². The summed E-state index contributed by atoms with van der Waals surface area (Å²) in [5.74, 6) is -0.571. The number of carbonyl (C=O) groups is 1. The number of halogens is 2. The van der Waals surface area contributed by atoms with Gasteiger partial charge in [0.15, 0.2) is 0 Å². The number of nitrogens with one attached hydrogen (secondary N) is 1. The summed E-state index contributed by atoms with van der Waals surface area (Å²) in [6.07, 6.45) is 0. The van der Waals surface area contributed by atoms with Crippen LogP contribution in [0.5, 0.6) is 0 Å². The van der Waals surface area contributed by atoms with E-state index in [-0.39, 0.29) is 27.6 Å². The lowest BCUT2D eigenvalue weighted by Gasteiger charge is -2.09. The Morgan fingerprint density at radius 3 is 2.47 bits per heavy atom. The van der Waals surface area contributed by atoms with E-state index in [4.69, 9.17) is 23.2 Å². The van der Waals surface area contributed by atoms with Crippen molar-refractivity contribution in [3.63, 3.8) is 0 Å². The lowest BCUT2D eigenvalue weighted by Crippen LogP contribution is -2.13. The lowest BCUT2D eigenvalue weighted by molar-refractivity contribution is -0.385. The molecule has 1 unspecified atom stereocenters. The van der Waals surface area contributed by atoms with Gasteiger partial charge < -0.3 is 5.32 Å². The maximum atomic E-state index is 12.7. The second-order valence-electron chi connectivity index (χ2n) is 6.44. The van der Waals surface area contributed by atoms with E-state index in [0.717, 1.165) is 5.56 Å². The summed E-state index contributed by atoms with van der Waals surface area (Å²) in [7, 11) is -1.58. The van der Waals surface area contributed by atoms with E-state index in [1.807, 2.05) is 19.1 Å². The molecule has 0 bridgehead atoms. The summed E-state index contributed by atoms with van der Waals surface area (Å²) < 4.78 is 12.7. The average Bonchev–Trinajstić information content (AvgIpc) is 2.71. The maximum Gasteiger partial charge on any atom is 0.274 e. The highest BCUT2D eigenvalue weighted by atomic mass is 35.5. The fourth-order valence-electron chi connectivity index (χ4n) is 2.75. The molecule has 1 amide bonds. The van der Waals surface area contributed by atoms with Gasteiger partial charge in [-0.1, -0.05) is 47.5 Å². The first-order chi connectivity index (χ1) is 14.3. The van der Waals surface area contributed by atoms with Crippen molar-refractivity contribution in [2.75, 3.05) is 5.32 Å². The summed E-state index contributed by atoms with van der Waals surface area (Å²) in [5, 5.41) is 14.9. The monoisotopic (exact) mass is 462 g/mol. The SMILES string of the molecule is Cc1ccccc1NC(=O)c1ccc(CS(=O)c2ccc(Cl)c(Cl)c2)c([N+](=O)[O-])c1. The van der Waals surface area contributed by atoms with Crippen LogP contribution in [-0.4, -0.2) is 15.0 Å². The zero-order valence-electron chi connectivity index (χ0n) is 15.7. The van der Waals surface area contributed by atoms with Crippen LogP contribution in [0.2, 0.25) is 10.0 Å². The van der Waals surface area contributed by atoms with Crippen molar-refractivity contribution < 1.29 is 13.9 Å².